The number of nitrogens with zero attached hydrogens (tertiary/aromatic N) is 1. The van der Waals surface area contributed by atoms with Crippen molar-refractivity contribution in [1.29, 1.82) is 0 Å². The lowest BCUT2D eigenvalue weighted by atomic mass is 10.1. The Bertz CT molecular complexity index is 1040. The number of rotatable bonds is 5. The standard InChI is InChI=1S/C20H15BrFN3O3/c1-12(24-25-20(27)17-9-10-18(21)28-17)14-3-2-4-16(11-14)23-19(26)13-5-7-15(22)8-6-13/h2-11H,1H3,(H,23,26)(H,25,27)/b24-12-. The van der Waals surface area contributed by atoms with E-state index in [1.165, 1.54) is 30.3 Å². The van der Waals surface area contributed by atoms with Crippen molar-refractivity contribution in [2.75, 3.05) is 5.32 Å². The van der Waals surface area contributed by atoms with Crippen LogP contribution in [0.1, 0.15) is 33.4 Å². The highest BCUT2D eigenvalue weighted by molar-refractivity contribution is 9.10. The maximum Gasteiger partial charge on any atom is 0.307 e. The van der Waals surface area contributed by atoms with E-state index < -0.39 is 11.7 Å². The van der Waals surface area contributed by atoms with Gasteiger partial charge in [0.1, 0.15) is 5.82 Å². The van der Waals surface area contributed by atoms with Gasteiger partial charge in [0.15, 0.2) is 10.4 Å². The summed E-state index contributed by atoms with van der Waals surface area (Å²) in [5, 5.41) is 6.80. The van der Waals surface area contributed by atoms with Gasteiger partial charge in [0, 0.05) is 11.3 Å². The molecule has 1 heterocycles. The van der Waals surface area contributed by atoms with Crippen molar-refractivity contribution in [1.82, 2.24) is 5.43 Å². The van der Waals surface area contributed by atoms with Gasteiger partial charge in [-0.1, -0.05) is 12.1 Å². The summed E-state index contributed by atoms with van der Waals surface area (Å²) in [6.45, 7) is 1.72. The zero-order valence-corrected chi connectivity index (χ0v) is 16.3. The van der Waals surface area contributed by atoms with E-state index in [0.717, 1.165) is 0 Å². The van der Waals surface area contributed by atoms with E-state index in [2.05, 4.69) is 31.8 Å². The fraction of sp³-hybridized carbons (Fsp3) is 0.0500. The molecule has 0 aliphatic carbocycles. The average molecular weight is 444 g/mol. The van der Waals surface area contributed by atoms with Crippen molar-refractivity contribution in [3.05, 3.63) is 88.0 Å². The molecule has 0 unspecified atom stereocenters. The van der Waals surface area contributed by atoms with Crippen LogP contribution >= 0.6 is 15.9 Å². The maximum atomic E-state index is 13.0. The molecule has 0 bridgehead atoms. The molecular formula is C20H15BrFN3O3. The van der Waals surface area contributed by atoms with Crippen molar-refractivity contribution in [2.24, 2.45) is 5.10 Å². The van der Waals surface area contributed by atoms with Gasteiger partial charge in [0.05, 0.1) is 5.71 Å². The molecule has 2 amide bonds. The van der Waals surface area contributed by atoms with Crippen molar-refractivity contribution < 1.29 is 18.4 Å². The third-order valence-electron chi connectivity index (χ3n) is 3.77. The number of benzene rings is 2. The van der Waals surface area contributed by atoms with E-state index in [1.807, 2.05) is 0 Å². The van der Waals surface area contributed by atoms with Crippen LogP contribution in [0.2, 0.25) is 0 Å². The lowest BCUT2D eigenvalue weighted by Gasteiger charge is -2.08. The second kappa shape index (κ2) is 8.62. The van der Waals surface area contributed by atoms with Gasteiger partial charge in [0.25, 0.3) is 5.91 Å². The largest absolute Gasteiger partial charge is 0.444 e. The molecule has 0 aliphatic heterocycles. The minimum absolute atomic E-state index is 0.128. The van der Waals surface area contributed by atoms with Gasteiger partial charge in [-0.05, 0) is 76.9 Å². The topological polar surface area (TPSA) is 83.7 Å². The molecule has 2 N–H and O–H groups in total. The molecule has 0 fully saturated rings. The van der Waals surface area contributed by atoms with Gasteiger partial charge in [-0.15, -0.1) is 0 Å². The van der Waals surface area contributed by atoms with E-state index in [9.17, 15) is 14.0 Å². The summed E-state index contributed by atoms with van der Waals surface area (Å²) in [5.74, 6) is -1.12. The summed E-state index contributed by atoms with van der Waals surface area (Å²) in [5.41, 5.74) is 4.54. The van der Waals surface area contributed by atoms with Gasteiger partial charge in [-0.2, -0.15) is 5.10 Å². The van der Waals surface area contributed by atoms with Crippen molar-refractivity contribution in [2.45, 2.75) is 6.92 Å². The quantitative estimate of drug-likeness (QED) is 0.446. The first-order valence-electron chi connectivity index (χ1n) is 8.20. The summed E-state index contributed by atoms with van der Waals surface area (Å²) in [4.78, 5) is 24.2. The summed E-state index contributed by atoms with van der Waals surface area (Å²) >= 11 is 3.13. The van der Waals surface area contributed by atoms with Gasteiger partial charge < -0.3 is 9.73 Å². The van der Waals surface area contributed by atoms with Crippen LogP contribution in [0.5, 0.6) is 0 Å². The summed E-state index contributed by atoms with van der Waals surface area (Å²) in [6.07, 6.45) is 0. The van der Waals surface area contributed by atoms with Crippen LogP contribution in [0.15, 0.2) is 74.9 Å². The number of hydrogen-bond donors (Lipinski definition) is 2. The van der Waals surface area contributed by atoms with Crippen LogP contribution in [0.25, 0.3) is 0 Å². The number of hydrazone groups is 1. The lowest BCUT2D eigenvalue weighted by molar-refractivity contribution is 0.0925. The number of carbonyl (C=O) groups excluding carboxylic acids is 2. The fourth-order valence-electron chi connectivity index (χ4n) is 2.32. The summed E-state index contributed by atoms with van der Waals surface area (Å²) in [7, 11) is 0. The normalized spacial score (nSPS) is 11.2. The molecule has 6 nitrogen and oxygen atoms in total. The van der Waals surface area contributed by atoms with Crippen LogP contribution in [-0.2, 0) is 0 Å². The van der Waals surface area contributed by atoms with Crippen LogP contribution in [-0.4, -0.2) is 17.5 Å². The molecule has 1 aromatic heterocycles. The molecule has 0 spiro atoms. The number of carbonyl (C=O) groups is 2. The number of nitrogens with one attached hydrogen (secondary N) is 2. The zero-order valence-electron chi connectivity index (χ0n) is 14.7. The Morgan fingerprint density at radius 2 is 1.75 bits per heavy atom. The van der Waals surface area contributed by atoms with Gasteiger partial charge in [-0.3, -0.25) is 9.59 Å². The molecule has 2 aromatic carbocycles. The number of furan rings is 1. The Labute approximate surface area is 168 Å². The van der Waals surface area contributed by atoms with Crippen LogP contribution in [0.3, 0.4) is 0 Å². The first kappa shape index (κ1) is 19.5. The summed E-state index contributed by atoms with van der Waals surface area (Å²) in [6, 6.07) is 15.4. The molecule has 0 radical (unpaired) electrons. The predicted molar refractivity (Wildman–Crippen MR) is 107 cm³/mol. The molecule has 142 valence electrons. The Kier molecular flexibility index (Phi) is 6.00. The second-order valence-corrected chi connectivity index (χ2v) is 6.57. The number of amides is 2. The monoisotopic (exact) mass is 443 g/mol. The fourth-order valence-corrected chi connectivity index (χ4v) is 2.62. The lowest BCUT2D eigenvalue weighted by Crippen LogP contribution is -2.18. The van der Waals surface area contributed by atoms with Crippen LogP contribution < -0.4 is 10.7 Å². The highest BCUT2D eigenvalue weighted by Gasteiger charge is 2.10. The first-order valence-corrected chi connectivity index (χ1v) is 8.99. The Morgan fingerprint density at radius 3 is 2.43 bits per heavy atom. The minimum atomic E-state index is -0.481. The molecule has 0 saturated carbocycles. The molecule has 3 aromatic rings. The van der Waals surface area contributed by atoms with Crippen LogP contribution in [0.4, 0.5) is 10.1 Å². The molecule has 0 aliphatic rings. The van der Waals surface area contributed by atoms with Crippen molar-refractivity contribution >= 4 is 39.1 Å². The van der Waals surface area contributed by atoms with Crippen molar-refractivity contribution in [3.63, 3.8) is 0 Å². The third kappa shape index (κ3) is 4.92. The highest BCUT2D eigenvalue weighted by atomic mass is 79.9. The Morgan fingerprint density at radius 1 is 1.00 bits per heavy atom. The van der Waals surface area contributed by atoms with Gasteiger partial charge >= 0.3 is 5.91 Å². The van der Waals surface area contributed by atoms with Gasteiger partial charge in [-0.25, -0.2) is 9.82 Å². The molecule has 8 heteroatoms. The Balaban J connectivity index is 1.68. The zero-order chi connectivity index (χ0) is 20.1. The predicted octanol–water partition coefficient (Wildman–Crippen LogP) is 4.59. The van der Waals surface area contributed by atoms with E-state index in [0.29, 0.717) is 27.2 Å². The SMILES string of the molecule is C/C(=N/NC(=O)c1ccc(Br)o1)c1cccc(NC(=O)c2ccc(F)cc2)c1. The van der Waals surface area contributed by atoms with E-state index in [-0.39, 0.29) is 11.7 Å². The smallest absolute Gasteiger partial charge is 0.307 e. The maximum absolute atomic E-state index is 13.0. The van der Waals surface area contributed by atoms with Crippen molar-refractivity contribution in [3.8, 4) is 0 Å². The minimum Gasteiger partial charge on any atom is -0.444 e. The first-order chi connectivity index (χ1) is 13.4. The Hall–Kier alpha value is -3.26. The van der Waals surface area contributed by atoms with Crippen LogP contribution in [0, 0.1) is 5.82 Å². The average Bonchev–Trinajstić information content (AvgIpc) is 3.13. The van der Waals surface area contributed by atoms with E-state index >= 15 is 0 Å². The third-order valence-corrected chi connectivity index (χ3v) is 4.19. The highest BCUT2D eigenvalue weighted by Crippen LogP contribution is 2.15. The van der Waals surface area contributed by atoms with E-state index in [4.69, 9.17) is 4.42 Å². The number of hydrogen-bond acceptors (Lipinski definition) is 4. The molecule has 28 heavy (non-hydrogen) atoms. The molecule has 0 atom stereocenters. The second-order valence-electron chi connectivity index (χ2n) is 5.78. The molecular weight excluding hydrogens is 429 g/mol. The summed E-state index contributed by atoms with van der Waals surface area (Å²) < 4.78 is 18.6. The van der Waals surface area contributed by atoms with E-state index in [1.54, 1.807) is 37.3 Å². The van der Waals surface area contributed by atoms with Gasteiger partial charge in [0.2, 0.25) is 0 Å². The molecule has 3 rings (SSSR count). The molecule has 0 saturated heterocycles. The number of anilines is 1. The number of halogens is 2.